The molecule has 0 N–H and O–H groups in total. The fourth-order valence-corrected chi connectivity index (χ4v) is 2.75. The van der Waals surface area contributed by atoms with Crippen LogP contribution in [0.5, 0.6) is 0 Å². The molecule has 0 spiro atoms. The Morgan fingerprint density at radius 2 is 2.11 bits per heavy atom. The Morgan fingerprint density at radius 3 is 2.72 bits per heavy atom. The number of nitrogens with zero attached hydrogens (tertiary/aromatic N) is 2. The van der Waals surface area contributed by atoms with Gasteiger partial charge in [0.15, 0.2) is 0 Å². The molecule has 1 heterocycles. The molecule has 3 nitrogen and oxygen atoms in total. The van der Waals surface area contributed by atoms with Crippen molar-refractivity contribution in [2.24, 2.45) is 5.92 Å². The molecule has 0 aliphatic heterocycles. The molecule has 100 valence electrons. The summed E-state index contributed by atoms with van der Waals surface area (Å²) < 4.78 is 1.92. The summed E-state index contributed by atoms with van der Waals surface area (Å²) in [5.41, 5.74) is 0.921. The average molecular weight is 248 g/mol. The summed E-state index contributed by atoms with van der Waals surface area (Å²) in [6.45, 7) is 4.20. The zero-order valence-corrected chi connectivity index (χ0v) is 11.6. The fourth-order valence-electron chi connectivity index (χ4n) is 2.75. The third-order valence-corrected chi connectivity index (χ3v) is 3.81. The average Bonchev–Trinajstić information content (AvgIpc) is 2.78. The quantitative estimate of drug-likeness (QED) is 0.798. The zero-order chi connectivity index (χ0) is 13.0. The molecule has 0 saturated heterocycles. The second kappa shape index (κ2) is 6.17. The lowest BCUT2D eigenvalue weighted by Gasteiger charge is -2.20. The molecular weight excluding hydrogens is 224 g/mol. The summed E-state index contributed by atoms with van der Waals surface area (Å²) in [6, 6.07) is 2.34. The molecule has 0 aromatic carbocycles. The first-order valence-electron chi connectivity index (χ1n) is 7.21. The number of ketones is 1. The Labute approximate surface area is 110 Å². The van der Waals surface area contributed by atoms with Crippen LogP contribution < -0.4 is 0 Å². The summed E-state index contributed by atoms with van der Waals surface area (Å²) in [7, 11) is 0. The minimum atomic E-state index is 0.357. The molecule has 1 aliphatic rings. The number of hydrogen-bond acceptors (Lipinski definition) is 2. The van der Waals surface area contributed by atoms with Crippen LogP contribution in [0.4, 0.5) is 0 Å². The standard InChI is InChI=1S/C15H24N2O/c1-12(2)17-9-8-14(16-17)11-15(18)10-13-6-4-3-5-7-13/h8-9,12-13H,3-7,10-11H2,1-2H3. The van der Waals surface area contributed by atoms with Gasteiger partial charge in [-0.2, -0.15) is 5.10 Å². The maximum Gasteiger partial charge on any atom is 0.139 e. The molecule has 18 heavy (non-hydrogen) atoms. The highest BCUT2D eigenvalue weighted by atomic mass is 16.1. The first kappa shape index (κ1) is 13.3. The van der Waals surface area contributed by atoms with Gasteiger partial charge in [-0.1, -0.05) is 32.1 Å². The van der Waals surface area contributed by atoms with Gasteiger partial charge in [-0.3, -0.25) is 9.48 Å². The molecule has 3 heteroatoms. The van der Waals surface area contributed by atoms with Gasteiger partial charge in [-0.05, 0) is 25.8 Å². The van der Waals surface area contributed by atoms with Crippen molar-refractivity contribution in [3.63, 3.8) is 0 Å². The van der Waals surface area contributed by atoms with E-state index < -0.39 is 0 Å². The minimum absolute atomic E-state index is 0.357. The van der Waals surface area contributed by atoms with Crippen molar-refractivity contribution in [1.29, 1.82) is 0 Å². The summed E-state index contributed by atoms with van der Waals surface area (Å²) in [5.74, 6) is 0.995. The van der Waals surface area contributed by atoms with Crippen molar-refractivity contribution in [1.82, 2.24) is 9.78 Å². The van der Waals surface area contributed by atoms with E-state index >= 15 is 0 Å². The van der Waals surface area contributed by atoms with Crippen molar-refractivity contribution >= 4 is 5.78 Å². The predicted molar refractivity (Wildman–Crippen MR) is 72.5 cm³/mol. The first-order valence-corrected chi connectivity index (χ1v) is 7.21. The molecule has 0 amide bonds. The van der Waals surface area contributed by atoms with Crippen molar-refractivity contribution < 1.29 is 4.79 Å². The summed E-state index contributed by atoms with van der Waals surface area (Å²) in [5, 5.41) is 4.44. The second-order valence-corrected chi connectivity index (χ2v) is 5.80. The van der Waals surface area contributed by atoms with E-state index in [1.165, 1.54) is 32.1 Å². The van der Waals surface area contributed by atoms with Crippen LogP contribution in [-0.2, 0) is 11.2 Å². The Morgan fingerprint density at radius 1 is 1.39 bits per heavy atom. The van der Waals surface area contributed by atoms with Gasteiger partial charge in [-0.15, -0.1) is 0 Å². The van der Waals surface area contributed by atoms with Crippen molar-refractivity contribution in [3.05, 3.63) is 18.0 Å². The Balaban J connectivity index is 1.82. The number of hydrogen-bond donors (Lipinski definition) is 0. The molecular formula is C15H24N2O. The van der Waals surface area contributed by atoms with E-state index in [1.54, 1.807) is 0 Å². The lowest BCUT2D eigenvalue weighted by molar-refractivity contribution is -0.119. The summed E-state index contributed by atoms with van der Waals surface area (Å²) >= 11 is 0. The van der Waals surface area contributed by atoms with Crippen LogP contribution in [0.25, 0.3) is 0 Å². The Bertz CT molecular complexity index is 389. The molecule has 0 bridgehead atoms. The van der Waals surface area contributed by atoms with E-state index in [9.17, 15) is 4.79 Å². The lowest BCUT2D eigenvalue weighted by Crippen LogP contribution is -2.14. The number of carbonyl (C=O) groups is 1. The fraction of sp³-hybridized carbons (Fsp3) is 0.733. The van der Waals surface area contributed by atoms with E-state index in [2.05, 4.69) is 18.9 Å². The van der Waals surface area contributed by atoms with Gasteiger partial charge < -0.3 is 0 Å². The largest absolute Gasteiger partial charge is 0.299 e. The molecule has 0 atom stereocenters. The molecule has 0 radical (unpaired) electrons. The van der Waals surface area contributed by atoms with Crippen molar-refractivity contribution in [3.8, 4) is 0 Å². The molecule has 1 fully saturated rings. The van der Waals surface area contributed by atoms with Crippen LogP contribution in [-0.4, -0.2) is 15.6 Å². The van der Waals surface area contributed by atoms with Crippen LogP contribution in [0.3, 0.4) is 0 Å². The van der Waals surface area contributed by atoms with E-state index in [4.69, 9.17) is 0 Å². The maximum absolute atomic E-state index is 12.0. The molecule has 1 aromatic rings. The Kier molecular flexibility index (Phi) is 4.56. The van der Waals surface area contributed by atoms with Gasteiger partial charge >= 0.3 is 0 Å². The molecule has 1 aromatic heterocycles. The van der Waals surface area contributed by atoms with E-state index in [0.29, 0.717) is 24.2 Å². The monoisotopic (exact) mass is 248 g/mol. The van der Waals surface area contributed by atoms with Gasteiger partial charge in [0, 0.05) is 18.7 Å². The number of aromatic nitrogens is 2. The SMILES string of the molecule is CC(C)n1ccc(CC(=O)CC2CCCCC2)n1. The minimum Gasteiger partial charge on any atom is -0.299 e. The van der Waals surface area contributed by atoms with Crippen LogP contribution in [0.1, 0.15) is 64.1 Å². The van der Waals surface area contributed by atoms with E-state index in [1.807, 2.05) is 16.9 Å². The van der Waals surface area contributed by atoms with Gasteiger partial charge in [0.1, 0.15) is 5.78 Å². The lowest BCUT2D eigenvalue weighted by atomic mass is 9.85. The number of rotatable bonds is 5. The van der Waals surface area contributed by atoms with Crippen LogP contribution in [0, 0.1) is 5.92 Å². The van der Waals surface area contributed by atoms with Crippen LogP contribution >= 0.6 is 0 Å². The summed E-state index contributed by atoms with van der Waals surface area (Å²) in [6.07, 6.45) is 9.68. The van der Waals surface area contributed by atoms with E-state index in [-0.39, 0.29) is 0 Å². The molecule has 1 saturated carbocycles. The summed E-state index contributed by atoms with van der Waals surface area (Å²) in [4.78, 5) is 12.0. The molecule has 1 aliphatic carbocycles. The van der Waals surface area contributed by atoms with Gasteiger partial charge in [0.2, 0.25) is 0 Å². The first-order chi connectivity index (χ1) is 8.65. The number of Topliss-reactive ketones (excluding diaryl/α,β-unsaturated/α-hetero) is 1. The highest BCUT2D eigenvalue weighted by molar-refractivity contribution is 5.80. The van der Waals surface area contributed by atoms with Crippen molar-refractivity contribution in [2.45, 2.75) is 64.8 Å². The van der Waals surface area contributed by atoms with Crippen LogP contribution in [0.15, 0.2) is 12.3 Å². The smallest absolute Gasteiger partial charge is 0.139 e. The van der Waals surface area contributed by atoms with Crippen molar-refractivity contribution in [2.75, 3.05) is 0 Å². The third-order valence-electron chi connectivity index (χ3n) is 3.81. The third kappa shape index (κ3) is 3.69. The molecule has 2 rings (SSSR count). The van der Waals surface area contributed by atoms with Gasteiger partial charge in [-0.25, -0.2) is 0 Å². The normalized spacial score (nSPS) is 17.3. The van der Waals surface area contributed by atoms with E-state index in [0.717, 1.165) is 12.1 Å². The molecule has 0 unspecified atom stereocenters. The van der Waals surface area contributed by atoms with Crippen LogP contribution in [0.2, 0.25) is 0 Å². The maximum atomic E-state index is 12.0. The number of carbonyl (C=O) groups excluding carboxylic acids is 1. The van der Waals surface area contributed by atoms with Gasteiger partial charge in [0.25, 0.3) is 0 Å². The highest BCUT2D eigenvalue weighted by Crippen LogP contribution is 2.26. The predicted octanol–water partition coefficient (Wildman–Crippen LogP) is 3.55. The highest BCUT2D eigenvalue weighted by Gasteiger charge is 2.17. The topological polar surface area (TPSA) is 34.9 Å². The van der Waals surface area contributed by atoms with Gasteiger partial charge in [0.05, 0.1) is 12.1 Å². The zero-order valence-electron chi connectivity index (χ0n) is 11.6. The second-order valence-electron chi connectivity index (χ2n) is 5.80. The Hall–Kier alpha value is -1.12.